The Morgan fingerprint density at radius 2 is 1.95 bits per heavy atom. The Balaban J connectivity index is 2.50. The second-order valence-electron chi connectivity index (χ2n) is 4.13. The van der Waals surface area contributed by atoms with Crippen LogP contribution in [0.1, 0.15) is 0 Å². The molecule has 0 radical (unpaired) electrons. The summed E-state index contributed by atoms with van der Waals surface area (Å²) in [7, 11) is 3.17. The van der Waals surface area contributed by atoms with Crippen molar-refractivity contribution in [2.45, 2.75) is 0 Å². The zero-order valence-corrected chi connectivity index (χ0v) is 11.0. The molecule has 104 valence electrons. The molecule has 2 aromatic carbocycles. The predicted molar refractivity (Wildman–Crippen MR) is 74.1 cm³/mol. The van der Waals surface area contributed by atoms with E-state index in [1.165, 1.54) is 19.2 Å². The van der Waals surface area contributed by atoms with E-state index >= 15 is 0 Å². The third kappa shape index (κ3) is 2.54. The van der Waals surface area contributed by atoms with Crippen LogP contribution < -0.4 is 9.64 Å². The summed E-state index contributed by atoms with van der Waals surface area (Å²) in [6, 6.07) is 11.0. The molecule has 2 aromatic rings. The average molecular weight is 276 g/mol. The standard InChI is InChI=1S/C14H13FN2O3/c1-16(10-5-3-6-11(9-10)20-2)13-8-4-7-12(15)14(13)17(18)19/h3-9H,1-2H3. The van der Waals surface area contributed by atoms with Gasteiger partial charge in [0.25, 0.3) is 0 Å². The molecule has 0 aliphatic carbocycles. The summed E-state index contributed by atoms with van der Waals surface area (Å²) < 4.78 is 18.7. The fourth-order valence-electron chi connectivity index (χ4n) is 1.91. The summed E-state index contributed by atoms with van der Waals surface area (Å²) in [5.41, 5.74) is 0.305. The minimum atomic E-state index is -0.859. The topological polar surface area (TPSA) is 55.6 Å². The molecule has 6 heteroatoms. The van der Waals surface area contributed by atoms with E-state index < -0.39 is 16.4 Å². The Hall–Kier alpha value is -2.63. The van der Waals surface area contributed by atoms with Gasteiger partial charge in [0.05, 0.1) is 12.0 Å². The summed E-state index contributed by atoms with van der Waals surface area (Å²) >= 11 is 0. The molecule has 0 heterocycles. The molecule has 0 atom stereocenters. The van der Waals surface area contributed by atoms with Crippen molar-refractivity contribution >= 4 is 17.1 Å². The van der Waals surface area contributed by atoms with Crippen LogP contribution in [0.4, 0.5) is 21.5 Å². The Labute approximate surface area is 115 Å². The Bertz CT molecular complexity index is 646. The number of rotatable bonds is 4. The van der Waals surface area contributed by atoms with Crippen LogP contribution in [-0.4, -0.2) is 19.1 Å². The summed E-state index contributed by atoms with van der Waals surface area (Å²) in [4.78, 5) is 11.8. The number of para-hydroxylation sites is 1. The van der Waals surface area contributed by atoms with Gasteiger partial charge in [0.1, 0.15) is 11.4 Å². The molecule has 2 rings (SSSR count). The van der Waals surface area contributed by atoms with Crippen LogP contribution in [0.3, 0.4) is 0 Å². The number of nitro groups is 1. The lowest BCUT2D eigenvalue weighted by atomic mass is 10.2. The minimum absolute atomic E-state index is 0.184. The van der Waals surface area contributed by atoms with Crippen LogP contribution in [0.5, 0.6) is 5.75 Å². The number of anilines is 2. The molecule has 0 fully saturated rings. The number of nitrogens with zero attached hydrogens (tertiary/aromatic N) is 2. The lowest BCUT2D eigenvalue weighted by Crippen LogP contribution is -2.12. The maximum absolute atomic E-state index is 13.6. The molecular formula is C14H13FN2O3. The van der Waals surface area contributed by atoms with Gasteiger partial charge in [-0.2, -0.15) is 4.39 Å². The van der Waals surface area contributed by atoms with Crippen molar-refractivity contribution < 1.29 is 14.1 Å². The first kappa shape index (κ1) is 13.8. The number of benzene rings is 2. The highest BCUT2D eigenvalue weighted by Crippen LogP contribution is 2.35. The van der Waals surface area contributed by atoms with Gasteiger partial charge in [0, 0.05) is 18.8 Å². The number of methoxy groups -OCH3 is 1. The molecule has 0 saturated heterocycles. The van der Waals surface area contributed by atoms with E-state index in [1.807, 2.05) is 0 Å². The van der Waals surface area contributed by atoms with Gasteiger partial charge in [-0.15, -0.1) is 0 Å². The van der Waals surface area contributed by atoms with Gasteiger partial charge in [-0.1, -0.05) is 12.1 Å². The third-order valence-electron chi connectivity index (χ3n) is 2.95. The van der Waals surface area contributed by atoms with E-state index in [4.69, 9.17) is 4.74 Å². The first-order valence-corrected chi connectivity index (χ1v) is 5.85. The molecule has 0 aliphatic rings. The molecular weight excluding hydrogens is 263 g/mol. The molecule has 5 nitrogen and oxygen atoms in total. The van der Waals surface area contributed by atoms with Crippen LogP contribution in [-0.2, 0) is 0 Å². The minimum Gasteiger partial charge on any atom is -0.497 e. The number of ether oxygens (including phenoxy) is 1. The monoisotopic (exact) mass is 276 g/mol. The largest absolute Gasteiger partial charge is 0.497 e. The van der Waals surface area contributed by atoms with Gasteiger partial charge in [-0.3, -0.25) is 10.1 Å². The summed E-state index contributed by atoms with van der Waals surface area (Å²) in [5.74, 6) is -0.240. The first-order valence-electron chi connectivity index (χ1n) is 5.85. The van der Waals surface area contributed by atoms with E-state index in [2.05, 4.69) is 0 Å². The van der Waals surface area contributed by atoms with Crippen LogP contribution in [0.15, 0.2) is 42.5 Å². The molecule has 0 unspecified atom stereocenters. The normalized spacial score (nSPS) is 10.2. The van der Waals surface area contributed by atoms with E-state index in [-0.39, 0.29) is 5.69 Å². The van der Waals surface area contributed by atoms with E-state index in [1.54, 1.807) is 36.2 Å². The van der Waals surface area contributed by atoms with Crippen molar-refractivity contribution in [1.82, 2.24) is 0 Å². The van der Waals surface area contributed by atoms with Gasteiger partial charge in [0.2, 0.25) is 5.82 Å². The second kappa shape index (κ2) is 5.56. The highest BCUT2D eigenvalue weighted by atomic mass is 19.1. The van der Waals surface area contributed by atoms with Crippen molar-refractivity contribution in [3.8, 4) is 5.75 Å². The van der Waals surface area contributed by atoms with Crippen LogP contribution in [0.2, 0.25) is 0 Å². The smallest absolute Gasteiger partial charge is 0.328 e. The van der Waals surface area contributed by atoms with E-state index in [0.717, 1.165) is 6.07 Å². The van der Waals surface area contributed by atoms with Gasteiger partial charge in [-0.25, -0.2) is 0 Å². The Morgan fingerprint density at radius 1 is 1.25 bits per heavy atom. The zero-order chi connectivity index (χ0) is 14.7. The quantitative estimate of drug-likeness (QED) is 0.633. The molecule has 0 bridgehead atoms. The summed E-state index contributed by atoms with van der Waals surface area (Å²) in [6.07, 6.45) is 0. The zero-order valence-electron chi connectivity index (χ0n) is 11.0. The lowest BCUT2D eigenvalue weighted by Gasteiger charge is -2.20. The fraction of sp³-hybridized carbons (Fsp3) is 0.143. The average Bonchev–Trinajstić information content (AvgIpc) is 2.45. The fourth-order valence-corrected chi connectivity index (χ4v) is 1.91. The van der Waals surface area contributed by atoms with E-state index in [9.17, 15) is 14.5 Å². The van der Waals surface area contributed by atoms with Crippen LogP contribution in [0.25, 0.3) is 0 Å². The number of halogens is 1. The van der Waals surface area contributed by atoms with Gasteiger partial charge in [-0.05, 0) is 24.3 Å². The summed E-state index contributed by atoms with van der Waals surface area (Å²) in [6.45, 7) is 0. The molecule has 0 saturated carbocycles. The van der Waals surface area contributed by atoms with Gasteiger partial charge >= 0.3 is 5.69 Å². The molecule has 0 aromatic heterocycles. The SMILES string of the molecule is COc1cccc(N(C)c2cccc(F)c2[N+](=O)[O-])c1. The number of hydrogen-bond donors (Lipinski definition) is 0. The maximum Gasteiger partial charge on any atom is 0.328 e. The molecule has 0 spiro atoms. The van der Waals surface area contributed by atoms with Gasteiger partial charge in [0.15, 0.2) is 0 Å². The van der Waals surface area contributed by atoms with Crippen molar-refractivity contribution in [3.05, 3.63) is 58.4 Å². The number of nitro benzene ring substituents is 1. The van der Waals surface area contributed by atoms with Crippen molar-refractivity contribution in [2.75, 3.05) is 19.1 Å². The molecule has 0 N–H and O–H groups in total. The lowest BCUT2D eigenvalue weighted by molar-refractivity contribution is -0.386. The summed E-state index contributed by atoms with van der Waals surface area (Å²) in [5, 5.41) is 11.0. The molecule has 0 aliphatic heterocycles. The Kier molecular flexibility index (Phi) is 3.84. The molecule has 0 amide bonds. The van der Waals surface area contributed by atoms with Crippen molar-refractivity contribution in [2.24, 2.45) is 0 Å². The second-order valence-corrected chi connectivity index (χ2v) is 4.13. The highest BCUT2D eigenvalue weighted by Gasteiger charge is 2.23. The Morgan fingerprint density at radius 3 is 2.60 bits per heavy atom. The highest BCUT2D eigenvalue weighted by molar-refractivity contribution is 5.72. The van der Waals surface area contributed by atoms with E-state index in [0.29, 0.717) is 11.4 Å². The van der Waals surface area contributed by atoms with Crippen LogP contribution in [0, 0.1) is 15.9 Å². The first-order chi connectivity index (χ1) is 9.54. The van der Waals surface area contributed by atoms with Gasteiger partial charge < -0.3 is 9.64 Å². The van der Waals surface area contributed by atoms with Crippen molar-refractivity contribution in [1.29, 1.82) is 0 Å². The molecule has 20 heavy (non-hydrogen) atoms. The third-order valence-corrected chi connectivity index (χ3v) is 2.95. The number of hydrogen-bond acceptors (Lipinski definition) is 4. The maximum atomic E-state index is 13.6. The van der Waals surface area contributed by atoms with Crippen LogP contribution >= 0.6 is 0 Å². The predicted octanol–water partition coefficient (Wildman–Crippen LogP) is 3.51. The van der Waals surface area contributed by atoms with Crippen molar-refractivity contribution in [3.63, 3.8) is 0 Å².